The van der Waals surface area contributed by atoms with Crippen LogP contribution in [0.3, 0.4) is 0 Å². The fraction of sp³-hybridized carbons (Fsp3) is 0.593. The molecule has 1 amide bonds. The number of amides is 1. The highest BCUT2D eigenvalue weighted by molar-refractivity contribution is 7.90. The molecule has 1 N–H and O–H groups in total. The molecule has 5 rings (SSSR count). The van der Waals surface area contributed by atoms with Crippen molar-refractivity contribution in [1.82, 2.24) is 19.6 Å². The predicted octanol–water partition coefficient (Wildman–Crippen LogP) is 3.28. The number of rotatable bonds is 6. The van der Waals surface area contributed by atoms with Crippen molar-refractivity contribution >= 4 is 27.6 Å². The van der Waals surface area contributed by atoms with E-state index in [1.54, 1.807) is 24.4 Å². The zero-order valence-electron chi connectivity index (χ0n) is 22.1. The normalized spacial score (nSPS) is 22.9. The van der Waals surface area contributed by atoms with Crippen molar-refractivity contribution in [2.75, 3.05) is 42.5 Å². The van der Waals surface area contributed by atoms with Crippen molar-refractivity contribution in [3.63, 3.8) is 0 Å². The van der Waals surface area contributed by atoms with Crippen LogP contribution in [-0.4, -0.2) is 73.5 Å². The summed E-state index contributed by atoms with van der Waals surface area (Å²) in [6.45, 7) is 10.7. The van der Waals surface area contributed by atoms with E-state index in [2.05, 4.69) is 50.2 Å². The number of piperazine rings is 1. The largest absolute Gasteiger partial charge is 0.354 e. The summed E-state index contributed by atoms with van der Waals surface area (Å²) in [4.78, 5) is 29.0. The Bertz CT molecular complexity index is 1240. The van der Waals surface area contributed by atoms with Crippen LogP contribution in [0.1, 0.15) is 63.2 Å². The Morgan fingerprint density at radius 2 is 1.78 bits per heavy atom. The molecule has 3 fully saturated rings. The summed E-state index contributed by atoms with van der Waals surface area (Å²) in [5.74, 6) is 0.877. The minimum Gasteiger partial charge on any atom is -0.354 e. The Labute approximate surface area is 220 Å². The maximum atomic E-state index is 13.3. The van der Waals surface area contributed by atoms with Gasteiger partial charge in [0.15, 0.2) is 5.03 Å². The zero-order valence-corrected chi connectivity index (χ0v) is 22.9. The number of nitrogens with zero attached hydrogens (tertiary/aromatic N) is 5. The molecule has 10 heteroatoms. The van der Waals surface area contributed by atoms with Crippen LogP contribution in [0.5, 0.6) is 0 Å². The lowest BCUT2D eigenvalue weighted by Gasteiger charge is -2.38. The Hall–Kier alpha value is -2.72. The van der Waals surface area contributed by atoms with E-state index in [4.69, 9.17) is 0 Å². The van der Waals surface area contributed by atoms with Crippen LogP contribution in [0.4, 0.5) is 11.6 Å². The van der Waals surface area contributed by atoms with Crippen LogP contribution < -0.4 is 14.5 Å². The Kier molecular flexibility index (Phi) is 7.15. The summed E-state index contributed by atoms with van der Waals surface area (Å²) < 4.78 is 28.7. The van der Waals surface area contributed by atoms with E-state index in [0.717, 1.165) is 39.1 Å². The van der Waals surface area contributed by atoms with E-state index in [1.165, 1.54) is 31.7 Å². The van der Waals surface area contributed by atoms with Gasteiger partial charge >= 0.3 is 0 Å². The molecule has 9 nitrogen and oxygen atoms in total. The Balaban J connectivity index is 1.30. The van der Waals surface area contributed by atoms with Gasteiger partial charge in [0.05, 0.1) is 5.56 Å². The maximum Gasteiger partial charge on any atom is 0.281 e. The van der Waals surface area contributed by atoms with Gasteiger partial charge in [0.25, 0.3) is 15.9 Å². The van der Waals surface area contributed by atoms with Crippen molar-refractivity contribution in [1.29, 1.82) is 0 Å². The number of carbonyl (C=O) groups is 1. The number of sulfonamides is 1. The molecule has 2 aromatic rings. The second-order valence-corrected chi connectivity index (χ2v) is 13.0. The first kappa shape index (κ1) is 25.9. The van der Waals surface area contributed by atoms with E-state index in [1.807, 2.05) is 6.07 Å². The molecule has 37 heavy (non-hydrogen) atoms. The molecule has 0 spiro atoms. The third-order valence-electron chi connectivity index (χ3n) is 8.05. The van der Waals surface area contributed by atoms with Crippen LogP contribution in [0.25, 0.3) is 0 Å². The van der Waals surface area contributed by atoms with Gasteiger partial charge in [-0.25, -0.2) is 14.7 Å². The number of nitrogens with one attached hydrogen (secondary N) is 1. The average molecular weight is 527 g/mol. The molecule has 2 saturated heterocycles. The lowest BCUT2D eigenvalue weighted by molar-refractivity contribution is 0.0981. The third-order valence-corrected chi connectivity index (χ3v) is 9.28. The van der Waals surface area contributed by atoms with Crippen LogP contribution >= 0.6 is 0 Å². The number of carbonyl (C=O) groups excluding carboxylic acids is 1. The molecular weight excluding hydrogens is 488 g/mol. The van der Waals surface area contributed by atoms with Gasteiger partial charge in [-0.3, -0.25) is 9.69 Å². The lowest BCUT2D eigenvalue weighted by Crippen LogP contribution is -2.50. The first-order valence-electron chi connectivity index (χ1n) is 13.4. The maximum absolute atomic E-state index is 13.3. The molecule has 2 aromatic heterocycles. The molecule has 2 aliphatic heterocycles. The molecule has 1 saturated carbocycles. The molecular formula is C27H38N6O3S. The number of hydrogen-bond donors (Lipinski definition) is 1. The standard InChI is InChI=1S/C27H38N6O3S/c1-20-18-27(2,3)33(19-20)25-22(10-7-13-28-25)26(34)30-37(35,36)24-12-6-11-23(29-24)32-16-14-31(15-17-32)21-8-4-5-9-21/h6-7,10-13,20-21H,4-5,8-9,14-19H2,1-3H3,(H,30,34). The Morgan fingerprint density at radius 1 is 1.05 bits per heavy atom. The molecule has 0 radical (unpaired) electrons. The molecule has 1 aliphatic carbocycles. The summed E-state index contributed by atoms with van der Waals surface area (Å²) in [6, 6.07) is 8.92. The topological polar surface area (TPSA) is 98.7 Å². The van der Waals surface area contributed by atoms with Crippen LogP contribution in [0.2, 0.25) is 0 Å². The first-order valence-corrected chi connectivity index (χ1v) is 14.9. The van der Waals surface area contributed by atoms with E-state index in [-0.39, 0.29) is 16.1 Å². The van der Waals surface area contributed by atoms with E-state index in [9.17, 15) is 13.2 Å². The van der Waals surface area contributed by atoms with Crippen molar-refractivity contribution in [2.24, 2.45) is 5.92 Å². The fourth-order valence-electron chi connectivity index (χ4n) is 6.29. The number of anilines is 2. The Morgan fingerprint density at radius 3 is 2.46 bits per heavy atom. The predicted molar refractivity (Wildman–Crippen MR) is 144 cm³/mol. The van der Waals surface area contributed by atoms with E-state index >= 15 is 0 Å². The smallest absolute Gasteiger partial charge is 0.281 e. The van der Waals surface area contributed by atoms with Crippen molar-refractivity contribution in [3.05, 3.63) is 42.1 Å². The first-order chi connectivity index (χ1) is 17.6. The molecule has 0 bridgehead atoms. The monoisotopic (exact) mass is 526 g/mol. The third kappa shape index (κ3) is 5.45. The molecule has 0 aromatic carbocycles. The lowest BCUT2D eigenvalue weighted by atomic mass is 9.97. The molecule has 3 aliphatic rings. The summed E-state index contributed by atoms with van der Waals surface area (Å²) in [5, 5.41) is -0.155. The summed E-state index contributed by atoms with van der Waals surface area (Å²) in [7, 11) is -4.17. The highest BCUT2D eigenvalue weighted by Gasteiger charge is 2.39. The average Bonchev–Trinajstić information content (AvgIpc) is 3.51. The molecule has 200 valence electrons. The number of aromatic nitrogens is 2. The highest BCUT2D eigenvalue weighted by Crippen LogP contribution is 2.37. The van der Waals surface area contributed by atoms with Crippen LogP contribution in [0.15, 0.2) is 41.6 Å². The van der Waals surface area contributed by atoms with Crippen molar-refractivity contribution in [2.45, 2.75) is 69.5 Å². The van der Waals surface area contributed by atoms with E-state index in [0.29, 0.717) is 23.6 Å². The highest BCUT2D eigenvalue weighted by atomic mass is 32.2. The second-order valence-electron chi connectivity index (χ2n) is 11.3. The van der Waals surface area contributed by atoms with Gasteiger partial charge in [0.1, 0.15) is 11.6 Å². The zero-order chi connectivity index (χ0) is 26.2. The molecule has 1 unspecified atom stereocenters. The van der Waals surface area contributed by atoms with Crippen molar-refractivity contribution in [3.8, 4) is 0 Å². The van der Waals surface area contributed by atoms with E-state index < -0.39 is 15.9 Å². The SMILES string of the molecule is CC1CN(c2ncccc2C(=O)NS(=O)(=O)c2cccc(N3CCN(C4CCCC4)CC3)n2)C(C)(C)C1. The molecule has 1 atom stereocenters. The van der Waals surface area contributed by atoms with Crippen molar-refractivity contribution < 1.29 is 13.2 Å². The quantitative estimate of drug-likeness (QED) is 0.612. The van der Waals surface area contributed by atoms with Gasteiger partial charge in [0.2, 0.25) is 0 Å². The van der Waals surface area contributed by atoms with Gasteiger partial charge < -0.3 is 9.80 Å². The second kappa shape index (κ2) is 10.2. The summed E-state index contributed by atoms with van der Waals surface area (Å²) >= 11 is 0. The van der Waals surface area contributed by atoms with Gasteiger partial charge in [0, 0.05) is 50.5 Å². The fourth-order valence-corrected chi connectivity index (χ4v) is 7.22. The molecule has 4 heterocycles. The number of hydrogen-bond acceptors (Lipinski definition) is 8. The van der Waals surface area contributed by atoms with Gasteiger partial charge in [-0.2, -0.15) is 8.42 Å². The summed E-state index contributed by atoms with van der Waals surface area (Å²) in [5.41, 5.74) is 0.0618. The van der Waals surface area contributed by atoms with Crippen LogP contribution in [-0.2, 0) is 10.0 Å². The number of pyridine rings is 2. The minimum atomic E-state index is -4.17. The summed E-state index contributed by atoms with van der Waals surface area (Å²) in [6.07, 6.45) is 7.78. The van der Waals surface area contributed by atoms with Crippen LogP contribution in [0, 0.1) is 5.92 Å². The van der Waals surface area contributed by atoms with Gasteiger partial charge in [-0.1, -0.05) is 25.8 Å². The van der Waals surface area contributed by atoms with Gasteiger partial charge in [-0.05, 0) is 63.3 Å². The minimum absolute atomic E-state index is 0.155. The van der Waals surface area contributed by atoms with Gasteiger partial charge in [-0.15, -0.1) is 0 Å².